The molecule has 130 valence electrons. The number of carbonyl (C=O) groups is 1. The van der Waals surface area contributed by atoms with Gasteiger partial charge < -0.3 is 9.72 Å². The topological polar surface area (TPSA) is 64.1 Å². The van der Waals surface area contributed by atoms with Gasteiger partial charge in [0.05, 0.1) is 17.6 Å². The monoisotopic (exact) mass is 356 g/mol. The fourth-order valence-electron chi connectivity index (χ4n) is 3.38. The van der Waals surface area contributed by atoms with Crippen molar-refractivity contribution in [1.29, 1.82) is 0 Å². The van der Waals surface area contributed by atoms with Crippen molar-refractivity contribution in [2.45, 2.75) is 38.6 Å². The van der Waals surface area contributed by atoms with Crippen LogP contribution < -0.4 is 5.69 Å². The number of carbonyl (C=O) groups excluding carboxylic acids is 1. The van der Waals surface area contributed by atoms with Gasteiger partial charge >= 0.3 is 11.7 Å². The Bertz CT molecular complexity index is 943. The molecule has 0 fully saturated rings. The normalized spacial score (nSPS) is 13.8. The van der Waals surface area contributed by atoms with Gasteiger partial charge in [0.15, 0.2) is 0 Å². The maximum Gasteiger partial charge on any atom is 0.348 e. The first kappa shape index (κ1) is 16.1. The largest absolute Gasteiger partial charge is 0.461 e. The third kappa shape index (κ3) is 3.26. The van der Waals surface area contributed by atoms with E-state index in [0.717, 1.165) is 23.9 Å². The lowest BCUT2D eigenvalue weighted by Crippen LogP contribution is -2.18. The van der Waals surface area contributed by atoms with E-state index in [1.807, 2.05) is 30.3 Å². The van der Waals surface area contributed by atoms with E-state index >= 15 is 0 Å². The molecule has 0 unspecified atom stereocenters. The van der Waals surface area contributed by atoms with Gasteiger partial charge in [0, 0.05) is 11.4 Å². The molecule has 5 nitrogen and oxygen atoms in total. The molecule has 25 heavy (non-hydrogen) atoms. The molecule has 1 N–H and O–H groups in total. The van der Waals surface area contributed by atoms with Crippen LogP contribution in [0.3, 0.4) is 0 Å². The van der Waals surface area contributed by atoms with Crippen molar-refractivity contribution in [3.8, 4) is 0 Å². The number of hydrogen-bond donors (Lipinski definition) is 1. The van der Waals surface area contributed by atoms with Gasteiger partial charge in [0.2, 0.25) is 0 Å². The fourth-order valence-corrected chi connectivity index (χ4v) is 4.53. The summed E-state index contributed by atoms with van der Waals surface area (Å²) in [6.45, 7) is 0.838. The van der Waals surface area contributed by atoms with Gasteiger partial charge in [-0.15, -0.1) is 11.3 Å². The summed E-state index contributed by atoms with van der Waals surface area (Å²) >= 11 is 1.57. The SMILES string of the molecule is O=C(OCCCn1c(=O)[nH]c2ccccc21)c1cc2c(s1)CCCC2. The molecule has 0 atom stereocenters. The van der Waals surface area contributed by atoms with E-state index in [0.29, 0.717) is 24.4 Å². The third-order valence-electron chi connectivity index (χ3n) is 4.64. The molecule has 1 aliphatic carbocycles. The zero-order chi connectivity index (χ0) is 17.2. The molecule has 0 bridgehead atoms. The molecular weight excluding hydrogens is 336 g/mol. The summed E-state index contributed by atoms with van der Waals surface area (Å²) in [4.78, 5) is 29.1. The predicted molar refractivity (Wildman–Crippen MR) is 98.4 cm³/mol. The number of rotatable bonds is 5. The number of aryl methyl sites for hydroxylation is 3. The van der Waals surface area contributed by atoms with Gasteiger partial charge in [0.25, 0.3) is 0 Å². The summed E-state index contributed by atoms with van der Waals surface area (Å²) in [5.74, 6) is -0.245. The number of H-pyrrole nitrogens is 1. The zero-order valence-electron chi connectivity index (χ0n) is 13.9. The number of para-hydroxylation sites is 2. The molecule has 2 aromatic heterocycles. The van der Waals surface area contributed by atoms with Crippen LogP contribution >= 0.6 is 11.3 Å². The number of esters is 1. The maximum atomic E-state index is 12.2. The molecule has 2 heterocycles. The molecule has 0 saturated carbocycles. The van der Waals surface area contributed by atoms with Crippen LogP contribution in [0.2, 0.25) is 0 Å². The van der Waals surface area contributed by atoms with Crippen molar-refractivity contribution >= 4 is 28.3 Å². The number of ether oxygens (including phenoxy) is 1. The van der Waals surface area contributed by atoms with E-state index in [1.165, 1.54) is 23.3 Å². The molecule has 0 aliphatic heterocycles. The Morgan fingerprint density at radius 1 is 1.24 bits per heavy atom. The van der Waals surface area contributed by atoms with E-state index in [9.17, 15) is 9.59 Å². The van der Waals surface area contributed by atoms with Crippen LogP contribution in [0.15, 0.2) is 35.1 Å². The van der Waals surface area contributed by atoms with E-state index in [-0.39, 0.29) is 11.7 Å². The van der Waals surface area contributed by atoms with Gasteiger partial charge in [-0.05, 0) is 55.9 Å². The van der Waals surface area contributed by atoms with E-state index in [2.05, 4.69) is 4.98 Å². The second-order valence-corrected chi connectivity index (χ2v) is 7.49. The van der Waals surface area contributed by atoms with Crippen molar-refractivity contribution in [3.63, 3.8) is 0 Å². The van der Waals surface area contributed by atoms with Crippen LogP contribution in [0, 0.1) is 0 Å². The Balaban J connectivity index is 1.34. The van der Waals surface area contributed by atoms with Crippen LogP contribution in [0.5, 0.6) is 0 Å². The highest BCUT2D eigenvalue weighted by Gasteiger charge is 2.18. The molecule has 0 amide bonds. The van der Waals surface area contributed by atoms with E-state index in [4.69, 9.17) is 4.74 Å². The van der Waals surface area contributed by atoms with Crippen LogP contribution in [-0.4, -0.2) is 22.1 Å². The molecule has 1 aromatic carbocycles. The first-order valence-electron chi connectivity index (χ1n) is 8.68. The standard InChI is InChI=1S/C19H20N2O3S/c22-18(17-12-13-6-1-4-9-16(13)25-17)24-11-5-10-21-15-8-3-2-7-14(15)20-19(21)23/h2-3,7-8,12H,1,4-6,9-11H2,(H,20,23). The Morgan fingerprint density at radius 3 is 2.96 bits per heavy atom. The summed E-state index contributed by atoms with van der Waals surface area (Å²) in [7, 11) is 0. The predicted octanol–water partition coefficient (Wildman–Crippen LogP) is 3.52. The highest BCUT2D eigenvalue weighted by atomic mass is 32.1. The molecule has 0 radical (unpaired) electrons. The number of hydrogen-bond acceptors (Lipinski definition) is 4. The van der Waals surface area contributed by atoms with Gasteiger partial charge in [-0.1, -0.05) is 12.1 Å². The minimum Gasteiger partial charge on any atom is -0.461 e. The Labute approximate surface area is 149 Å². The molecule has 3 aromatic rings. The molecule has 4 rings (SSSR count). The maximum absolute atomic E-state index is 12.2. The minimum absolute atomic E-state index is 0.126. The number of thiophene rings is 1. The fraction of sp³-hybridized carbons (Fsp3) is 0.368. The number of imidazole rings is 1. The lowest BCUT2D eigenvalue weighted by molar-refractivity contribution is 0.0502. The number of aromatic nitrogens is 2. The van der Waals surface area contributed by atoms with Crippen LogP contribution in [0.25, 0.3) is 11.0 Å². The summed E-state index contributed by atoms with van der Waals surface area (Å²) in [5, 5.41) is 0. The first-order valence-corrected chi connectivity index (χ1v) is 9.50. The summed E-state index contributed by atoms with van der Waals surface area (Å²) in [5.41, 5.74) is 2.89. The second kappa shape index (κ2) is 6.88. The van der Waals surface area contributed by atoms with Crippen molar-refractivity contribution < 1.29 is 9.53 Å². The molecule has 6 heteroatoms. The van der Waals surface area contributed by atoms with Crippen LogP contribution in [0.1, 0.15) is 39.4 Å². The average Bonchev–Trinajstić information content (AvgIpc) is 3.19. The van der Waals surface area contributed by atoms with E-state index in [1.54, 1.807) is 15.9 Å². The van der Waals surface area contributed by atoms with Crippen LogP contribution in [-0.2, 0) is 24.1 Å². The second-order valence-electron chi connectivity index (χ2n) is 6.35. The van der Waals surface area contributed by atoms with Crippen molar-refractivity contribution in [2.75, 3.05) is 6.61 Å². The minimum atomic E-state index is -0.245. The van der Waals surface area contributed by atoms with Gasteiger partial charge in [-0.25, -0.2) is 9.59 Å². The summed E-state index contributed by atoms with van der Waals surface area (Å²) in [6, 6.07) is 9.59. The summed E-state index contributed by atoms with van der Waals surface area (Å²) in [6.07, 6.45) is 5.18. The lowest BCUT2D eigenvalue weighted by Gasteiger charge is -2.08. The lowest BCUT2D eigenvalue weighted by atomic mass is 9.99. The van der Waals surface area contributed by atoms with Crippen molar-refractivity contribution in [2.24, 2.45) is 0 Å². The Kier molecular flexibility index (Phi) is 4.44. The molecule has 0 spiro atoms. The number of benzene rings is 1. The highest BCUT2D eigenvalue weighted by molar-refractivity contribution is 7.14. The van der Waals surface area contributed by atoms with E-state index < -0.39 is 0 Å². The zero-order valence-corrected chi connectivity index (χ0v) is 14.7. The number of aromatic amines is 1. The van der Waals surface area contributed by atoms with Crippen molar-refractivity contribution in [1.82, 2.24) is 9.55 Å². The van der Waals surface area contributed by atoms with Gasteiger partial charge in [-0.3, -0.25) is 4.57 Å². The third-order valence-corrected chi connectivity index (χ3v) is 5.86. The number of nitrogens with zero attached hydrogens (tertiary/aromatic N) is 1. The number of nitrogens with one attached hydrogen (secondary N) is 1. The molecular formula is C19H20N2O3S. The van der Waals surface area contributed by atoms with Crippen LogP contribution in [0.4, 0.5) is 0 Å². The smallest absolute Gasteiger partial charge is 0.348 e. The van der Waals surface area contributed by atoms with Gasteiger partial charge in [0.1, 0.15) is 4.88 Å². The van der Waals surface area contributed by atoms with Crippen molar-refractivity contribution in [3.05, 3.63) is 56.1 Å². The molecule has 1 aliphatic rings. The molecule has 0 saturated heterocycles. The Hall–Kier alpha value is -2.34. The van der Waals surface area contributed by atoms with Gasteiger partial charge in [-0.2, -0.15) is 0 Å². The average molecular weight is 356 g/mol. The highest BCUT2D eigenvalue weighted by Crippen LogP contribution is 2.30. The number of fused-ring (bicyclic) bond motifs is 2. The Morgan fingerprint density at radius 2 is 2.08 bits per heavy atom. The summed E-state index contributed by atoms with van der Waals surface area (Å²) < 4.78 is 7.09. The first-order chi connectivity index (χ1) is 12.2. The quantitative estimate of drug-likeness (QED) is 0.562.